The first-order valence-corrected chi connectivity index (χ1v) is 6.91. The van der Waals surface area contributed by atoms with E-state index in [2.05, 4.69) is 16.2 Å². The van der Waals surface area contributed by atoms with E-state index < -0.39 is 5.60 Å². The summed E-state index contributed by atoms with van der Waals surface area (Å²) in [6, 6.07) is 0.325. The standard InChI is InChI=1S/C14H25N3O/c1-14(2,18)13-7-5-9-17(13)8-4-6-12-10-15-16(3)11-12/h10-11,13,18H,4-9H2,1-3H3. The summed E-state index contributed by atoms with van der Waals surface area (Å²) in [5, 5.41) is 14.3. The summed E-state index contributed by atoms with van der Waals surface area (Å²) < 4.78 is 1.85. The first-order chi connectivity index (χ1) is 8.47. The van der Waals surface area contributed by atoms with E-state index in [1.807, 2.05) is 31.8 Å². The Morgan fingerprint density at radius 1 is 1.50 bits per heavy atom. The third kappa shape index (κ3) is 3.33. The van der Waals surface area contributed by atoms with Crippen LogP contribution in [0.25, 0.3) is 0 Å². The Bertz CT molecular complexity index is 381. The molecule has 18 heavy (non-hydrogen) atoms. The van der Waals surface area contributed by atoms with Crippen molar-refractivity contribution in [3.05, 3.63) is 18.0 Å². The summed E-state index contributed by atoms with van der Waals surface area (Å²) in [5.41, 5.74) is 0.724. The number of aromatic nitrogens is 2. The second kappa shape index (κ2) is 5.41. The van der Waals surface area contributed by atoms with Crippen molar-refractivity contribution in [2.45, 2.75) is 51.2 Å². The molecule has 2 rings (SSSR count). The molecule has 1 atom stereocenters. The zero-order chi connectivity index (χ0) is 13.2. The molecule has 0 aromatic carbocycles. The summed E-state index contributed by atoms with van der Waals surface area (Å²) in [6.45, 7) is 6.06. The average Bonchev–Trinajstić information content (AvgIpc) is 2.86. The van der Waals surface area contributed by atoms with Crippen LogP contribution in [0.2, 0.25) is 0 Å². The van der Waals surface area contributed by atoms with Crippen molar-refractivity contribution in [1.82, 2.24) is 14.7 Å². The molecule has 4 heteroatoms. The van der Waals surface area contributed by atoms with E-state index in [1.165, 1.54) is 12.0 Å². The van der Waals surface area contributed by atoms with Gasteiger partial charge in [-0.05, 0) is 58.2 Å². The third-order valence-electron chi connectivity index (χ3n) is 3.85. The van der Waals surface area contributed by atoms with Gasteiger partial charge in [0.25, 0.3) is 0 Å². The maximum Gasteiger partial charge on any atom is 0.0746 e. The Kier molecular flexibility index (Phi) is 4.07. The van der Waals surface area contributed by atoms with Crippen LogP contribution < -0.4 is 0 Å². The van der Waals surface area contributed by atoms with Crippen molar-refractivity contribution in [1.29, 1.82) is 0 Å². The molecule has 1 fully saturated rings. The fourth-order valence-electron chi connectivity index (χ4n) is 2.98. The van der Waals surface area contributed by atoms with Gasteiger partial charge in [0.05, 0.1) is 11.8 Å². The van der Waals surface area contributed by atoms with Gasteiger partial charge in [-0.3, -0.25) is 9.58 Å². The molecule has 0 radical (unpaired) electrons. The van der Waals surface area contributed by atoms with Gasteiger partial charge in [-0.2, -0.15) is 5.10 Å². The lowest BCUT2D eigenvalue weighted by atomic mass is 9.96. The Labute approximate surface area is 110 Å². The zero-order valence-corrected chi connectivity index (χ0v) is 11.8. The lowest BCUT2D eigenvalue weighted by Crippen LogP contribution is -2.45. The Hall–Kier alpha value is -0.870. The lowest BCUT2D eigenvalue weighted by Gasteiger charge is -2.33. The molecular formula is C14H25N3O. The van der Waals surface area contributed by atoms with E-state index in [0.717, 1.165) is 32.4 Å². The molecule has 1 aliphatic heterocycles. The van der Waals surface area contributed by atoms with Gasteiger partial charge < -0.3 is 5.11 Å². The van der Waals surface area contributed by atoms with Gasteiger partial charge in [0.2, 0.25) is 0 Å². The zero-order valence-electron chi connectivity index (χ0n) is 11.8. The Morgan fingerprint density at radius 3 is 2.89 bits per heavy atom. The fraction of sp³-hybridized carbons (Fsp3) is 0.786. The van der Waals surface area contributed by atoms with Crippen LogP contribution in [0.1, 0.15) is 38.7 Å². The average molecular weight is 251 g/mol. The monoisotopic (exact) mass is 251 g/mol. The molecular weight excluding hydrogens is 226 g/mol. The minimum Gasteiger partial charge on any atom is -0.389 e. The smallest absolute Gasteiger partial charge is 0.0746 e. The van der Waals surface area contributed by atoms with Crippen LogP contribution in [0.5, 0.6) is 0 Å². The number of aryl methyl sites for hydroxylation is 2. The van der Waals surface area contributed by atoms with Crippen LogP contribution in [-0.4, -0.2) is 44.5 Å². The molecule has 1 aromatic rings. The van der Waals surface area contributed by atoms with Crippen molar-refractivity contribution in [2.75, 3.05) is 13.1 Å². The van der Waals surface area contributed by atoms with E-state index in [1.54, 1.807) is 0 Å². The number of hydrogen-bond acceptors (Lipinski definition) is 3. The molecule has 0 bridgehead atoms. The van der Waals surface area contributed by atoms with Crippen LogP contribution in [-0.2, 0) is 13.5 Å². The highest BCUT2D eigenvalue weighted by Gasteiger charge is 2.35. The Balaban J connectivity index is 1.79. The van der Waals surface area contributed by atoms with Crippen LogP contribution in [0, 0.1) is 0 Å². The summed E-state index contributed by atoms with van der Waals surface area (Å²) in [7, 11) is 1.95. The van der Waals surface area contributed by atoms with Crippen LogP contribution in [0.15, 0.2) is 12.4 Å². The van der Waals surface area contributed by atoms with Crippen molar-refractivity contribution >= 4 is 0 Å². The summed E-state index contributed by atoms with van der Waals surface area (Å²) in [6.07, 6.45) is 8.56. The Morgan fingerprint density at radius 2 is 2.28 bits per heavy atom. The molecule has 102 valence electrons. The number of aliphatic hydroxyl groups is 1. The van der Waals surface area contributed by atoms with Crippen LogP contribution >= 0.6 is 0 Å². The van der Waals surface area contributed by atoms with Gasteiger partial charge in [-0.25, -0.2) is 0 Å². The van der Waals surface area contributed by atoms with E-state index in [0.29, 0.717) is 6.04 Å². The highest BCUT2D eigenvalue weighted by molar-refractivity contribution is 5.03. The van der Waals surface area contributed by atoms with Gasteiger partial charge in [0.15, 0.2) is 0 Å². The molecule has 0 amide bonds. The topological polar surface area (TPSA) is 41.3 Å². The van der Waals surface area contributed by atoms with E-state index in [-0.39, 0.29) is 0 Å². The first kappa shape index (κ1) is 13.6. The van der Waals surface area contributed by atoms with E-state index in [4.69, 9.17) is 0 Å². The second-order valence-corrected chi connectivity index (χ2v) is 5.97. The predicted molar refractivity (Wildman–Crippen MR) is 72.4 cm³/mol. The largest absolute Gasteiger partial charge is 0.389 e. The third-order valence-corrected chi connectivity index (χ3v) is 3.85. The van der Waals surface area contributed by atoms with Gasteiger partial charge in [0.1, 0.15) is 0 Å². The molecule has 1 aromatic heterocycles. The van der Waals surface area contributed by atoms with Crippen molar-refractivity contribution < 1.29 is 5.11 Å². The molecule has 0 aliphatic carbocycles. The molecule has 1 aliphatic rings. The SMILES string of the molecule is Cn1cc(CCCN2CCCC2C(C)(C)O)cn1. The number of rotatable bonds is 5. The molecule has 0 spiro atoms. The van der Waals surface area contributed by atoms with Crippen LogP contribution in [0.3, 0.4) is 0 Å². The maximum atomic E-state index is 10.2. The minimum absolute atomic E-state index is 0.325. The summed E-state index contributed by atoms with van der Waals surface area (Å²) in [5.74, 6) is 0. The van der Waals surface area contributed by atoms with Crippen molar-refractivity contribution in [3.63, 3.8) is 0 Å². The minimum atomic E-state index is -0.579. The van der Waals surface area contributed by atoms with Crippen molar-refractivity contribution in [3.8, 4) is 0 Å². The normalized spacial score (nSPS) is 21.7. The number of nitrogens with zero attached hydrogens (tertiary/aromatic N) is 3. The number of likely N-dealkylation sites (tertiary alicyclic amines) is 1. The maximum absolute atomic E-state index is 10.2. The van der Waals surface area contributed by atoms with Gasteiger partial charge in [0, 0.05) is 19.3 Å². The predicted octanol–water partition coefficient (Wildman–Crippen LogP) is 1.59. The fourth-order valence-corrected chi connectivity index (χ4v) is 2.98. The van der Waals surface area contributed by atoms with Gasteiger partial charge in [-0.1, -0.05) is 0 Å². The van der Waals surface area contributed by atoms with E-state index >= 15 is 0 Å². The van der Waals surface area contributed by atoms with Crippen molar-refractivity contribution in [2.24, 2.45) is 7.05 Å². The quantitative estimate of drug-likeness (QED) is 0.864. The summed E-state index contributed by atoms with van der Waals surface area (Å²) >= 11 is 0. The first-order valence-electron chi connectivity index (χ1n) is 6.91. The van der Waals surface area contributed by atoms with E-state index in [9.17, 15) is 5.11 Å². The molecule has 1 N–H and O–H groups in total. The van der Waals surface area contributed by atoms with Gasteiger partial charge >= 0.3 is 0 Å². The molecule has 1 unspecified atom stereocenters. The summed E-state index contributed by atoms with van der Waals surface area (Å²) in [4.78, 5) is 2.44. The lowest BCUT2D eigenvalue weighted by molar-refractivity contribution is -0.00257. The molecule has 4 nitrogen and oxygen atoms in total. The molecule has 2 heterocycles. The van der Waals surface area contributed by atoms with Gasteiger partial charge in [-0.15, -0.1) is 0 Å². The second-order valence-electron chi connectivity index (χ2n) is 5.97. The highest BCUT2D eigenvalue weighted by Crippen LogP contribution is 2.26. The molecule has 1 saturated heterocycles. The molecule has 0 saturated carbocycles. The highest BCUT2D eigenvalue weighted by atomic mass is 16.3. The number of hydrogen-bond donors (Lipinski definition) is 1. The van der Waals surface area contributed by atoms with Crippen LogP contribution in [0.4, 0.5) is 0 Å².